The molecule has 21 heavy (non-hydrogen) atoms. The molecule has 0 aromatic carbocycles. The third-order valence-corrected chi connectivity index (χ3v) is 4.73. The van der Waals surface area contributed by atoms with E-state index >= 15 is 0 Å². The second-order valence-electron chi connectivity index (χ2n) is 6.58. The molecule has 0 aliphatic heterocycles. The van der Waals surface area contributed by atoms with E-state index in [1.807, 2.05) is 6.20 Å². The number of rotatable bonds is 8. The summed E-state index contributed by atoms with van der Waals surface area (Å²) >= 11 is 0. The van der Waals surface area contributed by atoms with E-state index in [1.165, 1.54) is 57.1 Å². The van der Waals surface area contributed by atoms with Crippen LogP contribution in [0.2, 0.25) is 0 Å². The third-order valence-electron chi connectivity index (χ3n) is 4.73. The van der Waals surface area contributed by atoms with Crippen molar-refractivity contribution in [3.63, 3.8) is 0 Å². The van der Waals surface area contributed by atoms with Crippen LogP contribution >= 0.6 is 0 Å². The summed E-state index contributed by atoms with van der Waals surface area (Å²) in [5, 5.41) is 8.30. The Morgan fingerprint density at radius 3 is 2.62 bits per heavy atom. The van der Waals surface area contributed by atoms with E-state index in [9.17, 15) is 0 Å². The smallest absolute Gasteiger partial charge is 0.0553 e. The van der Waals surface area contributed by atoms with E-state index < -0.39 is 0 Å². The Morgan fingerprint density at radius 1 is 1.19 bits per heavy atom. The van der Waals surface area contributed by atoms with Crippen molar-refractivity contribution in [3.8, 4) is 0 Å². The Hall–Kier alpha value is -0.830. The number of aryl methyl sites for hydroxylation is 1. The van der Waals surface area contributed by atoms with Crippen LogP contribution in [0, 0.1) is 5.92 Å². The van der Waals surface area contributed by atoms with Crippen LogP contribution in [0.25, 0.3) is 0 Å². The minimum Gasteiger partial charge on any atom is -0.309 e. The Bertz CT molecular complexity index is 378. The first-order valence-corrected chi connectivity index (χ1v) is 9.10. The summed E-state index contributed by atoms with van der Waals surface area (Å²) in [6, 6.07) is 2.71. The average Bonchev–Trinajstić information content (AvgIpc) is 2.79. The zero-order chi connectivity index (χ0) is 14.9. The van der Waals surface area contributed by atoms with Gasteiger partial charge in [0.15, 0.2) is 0 Å². The second-order valence-corrected chi connectivity index (χ2v) is 6.58. The highest BCUT2D eigenvalue weighted by Crippen LogP contribution is 2.31. The van der Waals surface area contributed by atoms with Gasteiger partial charge < -0.3 is 5.32 Å². The third kappa shape index (κ3) is 5.14. The first-order chi connectivity index (χ1) is 10.3. The highest BCUT2D eigenvalue weighted by Gasteiger charge is 2.21. The molecule has 1 saturated carbocycles. The van der Waals surface area contributed by atoms with Gasteiger partial charge in [-0.2, -0.15) is 5.10 Å². The van der Waals surface area contributed by atoms with Crippen LogP contribution in [0.5, 0.6) is 0 Å². The maximum atomic E-state index is 4.52. The maximum Gasteiger partial charge on any atom is 0.0553 e. The van der Waals surface area contributed by atoms with Crippen molar-refractivity contribution in [2.75, 3.05) is 6.54 Å². The summed E-state index contributed by atoms with van der Waals surface area (Å²) in [5.74, 6) is 0.895. The molecule has 1 fully saturated rings. The number of aromatic nitrogens is 2. The van der Waals surface area contributed by atoms with Gasteiger partial charge in [-0.15, -0.1) is 0 Å². The minimum atomic E-state index is 0.488. The van der Waals surface area contributed by atoms with E-state index in [2.05, 4.69) is 35.0 Å². The lowest BCUT2D eigenvalue weighted by atomic mass is 9.91. The summed E-state index contributed by atoms with van der Waals surface area (Å²) in [5.41, 5.74) is 1.40. The van der Waals surface area contributed by atoms with Crippen molar-refractivity contribution >= 4 is 0 Å². The lowest BCUT2D eigenvalue weighted by molar-refractivity contribution is 0.342. The van der Waals surface area contributed by atoms with Gasteiger partial charge in [0, 0.05) is 18.8 Å². The van der Waals surface area contributed by atoms with E-state index in [1.54, 1.807) is 0 Å². The molecule has 1 aliphatic rings. The van der Waals surface area contributed by atoms with Gasteiger partial charge in [-0.25, -0.2) is 0 Å². The maximum absolute atomic E-state index is 4.52. The van der Waals surface area contributed by atoms with Crippen LogP contribution in [-0.2, 0) is 6.54 Å². The molecule has 120 valence electrons. The molecule has 1 unspecified atom stereocenters. The predicted octanol–water partition coefficient (Wildman–Crippen LogP) is 4.69. The van der Waals surface area contributed by atoms with Gasteiger partial charge in [-0.1, -0.05) is 52.4 Å². The molecule has 0 bridgehead atoms. The van der Waals surface area contributed by atoms with Gasteiger partial charge >= 0.3 is 0 Å². The second kappa shape index (κ2) is 9.24. The Morgan fingerprint density at radius 2 is 1.95 bits per heavy atom. The molecule has 0 amide bonds. The molecule has 3 nitrogen and oxygen atoms in total. The summed E-state index contributed by atoms with van der Waals surface area (Å²) in [7, 11) is 0. The summed E-state index contributed by atoms with van der Waals surface area (Å²) in [6.07, 6.45) is 14.2. The largest absolute Gasteiger partial charge is 0.309 e. The van der Waals surface area contributed by atoms with E-state index in [-0.39, 0.29) is 0 Å². The molecular formula is C18H33N3. The summed E-state index contributed by atoms with van der Waals surface area (Å²) in [4.78, 5) is 0. The lowest BCUT2D eigenvalue weighted by Gasteiger charge is -2.24. The van der Waals surface area contributed by atoms with Crippen molar-refractivity contribution in [1.29, 1.82) is 0 Å². The standard InChI is InChI=1S/C18H33N3/c1-3-12-19-17(15-16-9-7-5-6-8-10-16)18-11-13-20-21(18)14-4-2/h11,13,16-17,19H,3-10,12,14-15H2,1-2H3. The molecule has 2 rings (SSSR count). The van der Waals surface area contributed by atoms with Crippen LogP contribution in [-0.4, -0.2) is 16.3 Å². The fraction of sp³-hybridized carbons (Fsp3) is 0.833. The fourth-order valence-corrected chi connectivity index (χ4v) is 3.60. The predicted molar refractivity (Wildman–Crippen MR) is 89.4 cm³/mol. The van der Waals surface area contributed by atoms with Gasteiger partial charge in [-0.3, -0.25) is 4.68 Å². The highest BCUT2D eigenvalue weighted by molar-refractivity contribution is 5.07. The van der Waals surface area contributed by atoms with Gasteiger partial charge in [0.1, 0.15) is 0 Å². The Balaban J connectivity index is 2.03. The molecule has 1 atom stereocenters. The van der Waals surface area contributed by atoms with Crippen LogP contribution in [0.4, 0.5) is 0 Å². The van der Waals surface area contributed by atoms with Crippen molar-refractivity contribution in [3.05, 3.63) is 18.0 Å². The molecule has 0 spiro atoms. The highest BCUT2D eigenvalue weighted by atomic mass is 15.3. The SMILES string of the molecule is CCCNC(CC1CCCCCC1)c1ccnn1CCC. The zero-order valence-corrected chi connectivity index (χ0v) is 14.0. The van der Waals surface area contributed by atoms with Gasteiger partial charge in [0.2, 0.25) is 0 Å². The van der Waals surface area contributed by atoms with Crippen molar-refractivity contribution in [1.82, 2.24) is 15.1 Å². The van der Waals surface area contributed by atoms with E-state index in [0.717, 1.165) is 25.4 Å². The quantitative estimate of drug-likeness (QED) is 0.704. The molecule has 1 aromatic rings. The van der Waals surface area contributed by atoms with Crippen LogP contribution in [0.3, 0.4) is 0 Å². The number of nitrogens with zero attached hydrogens (tertiary/aromatic N) is 2. The van der Waals surface area contributed by atoms with Gasteiger partial charge in [0.05, 0.1) is 5.69 Å². The topological polar surface area (TPSA) is 29.9 Å². The minimum absolute atomic E-state index is 0.488. The van der Waals surface area contributed by atoms with Crippen molar-refractivity contribution in [2.45, 2.75) is 84.2 Å². The van der Waals surface area contributed by atoms with Crippen LogP contribution < -0.4 is 5.32 Å². The fourth-order valence-electron chi connectivity index (χ4n) is 3.60. The van der Waals surface area contributed by atoms with E-state index in [0.29, 0.717) is 6.04 Å². The van der Waals surface area contributed by atoms with Gasteiger partial charge in [-0.05, 0) is 37.8 Å². The first-order valence-electron chi connectivity index (χ1n) is 9.10. The first kappa shape index (κ1) is 16.5. The Labute approximate surface area is 130 Å². The summed E-state index contributed by atoms with van der Waals surface area (Å²) < 4.78 is 2.21. The molecule has 1 aliphatic carbocycles. The number of nitrogens with one attached hydrogen (secondary N) is 1. The average molecular weight is 291 g/mol. The molecule has 1 heterocycles. The van der Waals surface area contributed by atoms with E-state index in [4.69, 9.17) is 0 Å². The lowest BCUT2D eigenvalue weighted by Crippen LogP contribution is -2.27. The van der Waals surface area contributed by atoms with Crippen LogP contribution in [0.15, 0.2) is 12.3 Å². The molecule has 3 heteroatoms. The molecule has 1 aromatic heterocycles. The molecule has 0 saturated heterocycles. The number of hydrogen-bond donors (Lipinski definition) is 1. The van der Waals surface area contributed by atoms with Crippen LogP contribution in [0.1, 0.15) is 83.4 Å². The normalized spacial score (nSPS) is 18.6. The van der Waals surface area contributed by atoms with Crippen molar-refractivity contribution in [2.24, 2.45) is 5.92 Å². The van der Waals surface area contributed by atoms with Gasteiger partial charge in [0.25, 0.3) is 0 Å². The molecule has 0 radical (unpaired) electrons. The monoisotopic (exact) mass is 291 g/mol. The zero-order valence-electron chi connectivity index (χ0n) is 14.0. The number of hydrogen-bond acceptors (Lipinski definition) is 2. The van der Waals surface area contributed by atoms with Crippen molar-refractivity contribution < 1.29 is 0 Å². The molecular weight excluding hydrogens is 258 g/mol. The molecule has 1 N–H and O–H groups in total. The summed E-state index contributed by atoms with van der Waals surface area (Å²) in [6.45, 7) is 6.62. The Kier molecular flexibility index (Phi) is 7.28.